The molecule has 1 amide bonds. The van der Waals surface area contributed by atoms with Gasteiger partial charge in [-0.15, -0.1) is 0 Å². The van der Waals surface area contributed by atoms with E-state index in [0.717, 1.165) is 6.42 Å². The quantitative estimate of drug-likeness (QED) is 0.803. The van der Waals surface area contributed by atoms with E-state index in [0.29, 0.717) is 6.54 Å². The summed E-state index contributed by atoms with van der Waals surface area (Å²) in [6.07, 6.45) is 4.12. The van der Waals surface area contributed by atoms with Gasteiger partial charge in [0.15, 0.2) is 5.78 Å². The molecule has 1 N–H and O–H groups in total. The number of carbonyl (C=O) groups excluding carboxylic acids is 2. The van der Waals surface area contributed by atoms with Gasteiger partial charge in [-0.25, -0.2) is 4.79 Å². The molecule has 1 aromatic heterocycles. The average molecular weight is 281 g/mol. The molecule has 0 bridgehead atoms. The van der Waals surface area contributed by atoms with Crippen LogP contribution in [0.1, 0.15) is 34.1 Å². The fourth-order valence-electron chi connectivity index (χ4n) is 2.10. The first kappa shape index (κ1) is 16.2. The van der Waals surface area contributed by atoms with Crippen LogP contribution in [-0.4, -0.2) is 26.9 Å². The molecule has 0 saturated carbocycles. The lowest BCUT2D eigenvalue weighted by Gasteiger charge is -2.19. The predicted octanol–water partition coefficient (Wildman–Crippen LogP) is 0.790. The average Bonchev–Trinajstić information content (AvgIpc) is 2.68. The molecule has 0 aliphatic rings. The van der Waals surface area contributed by atoms with Crippen LogP contribution in [-0.2, 0) is 22.7 Å². The number of ketones is 1. The van der Waals surface area contributed by atoms with Crippen LogP contribution in [0.4, 0.5) is 0 Å². The molecule has 0 saturated heterocycles. The Labute approximate surface area is 118 Å². The van der Waals surface area contributed by atoms with Crippen LogP contribution in [0.3, 0.4) is 0 Å². The zero-order valence-corrected chi connectivity index (χ0v) is 12.5. The van der Waals surface area contributed by atoms with Crippen LogP contribution in [0.25, 0.3) is 0 Å². The van der Waals surface area contributed by atoms with Crippen LogP contribution >= 0.6 is 0 Å². The molecule has 0 aliphatic heterocycles. The molecule has 1 rings (SSSR count). The summed E-state index contributed by atoms with van der Waals surface area (Å²) >= 11 is 0. The van der Waals surface area contributed by atoms with Crippen molar-refractivity contribution in [3.05, 3.63) is 22.9 Å². The van der Waals surface area contributed by atoms with Crippen LogP contribution < -0.4 is 11.0 Å². The molecule has 0 fully saturated rings. The summed E-state index contributed by atoms with van der Waals surface area (Å²) in [6.45, 7) is 7.75. The summed E-state index contributed by atoms with van der Waals surface area (Å²) in [7, 11) is 0. The lowest BCUT2D eigenvalue weighted by molar-refractivity contribution is -0.128. The van der Waals surface area contributed by atoms with E-state index in [-0.39, 0.29) is 29.8 Å². The molecular formula is C14H23N3O3. The van der Waals surface area contributed by atoms with Gasteiger partial charge in [-0.1, -0.05) is 20.8 Å². The van der Waals surface area contributed by atoms with Gasteiger partial charge in [0.1, 0.15) is 6.54 Å². The topological polar surface area (TPSA) is 73.1 Å². The summed E-state index contributed by atoms with van der Waals surface area (Å²) in [6, 6.07) is -0.504. The van der Waals surface area contributed by atoms with E-state index in [2.05, 4.69) is 5.32 Å². The third kappa shape index (κ3) is 4.08. The Morgan fingerprint density at radius 2 is 1.85 bits per heavy atom. The minimum atomic E-state index is -0.504. The maximum absolute atomic E-state index is 11.9. The van der Waals surface area contributed by atoms with E-state index in [1.54, 1.807) is 17.0 Å². The molecule has 1 aromatic rings. The lowest BCUT2D eigenvalue weighted by Crippen LogP contribution is -2.45. The normalized spacial score (nSPS) is 12.4. The molecule has 0 radical (unpaired) electrons. The third-order valence-corrected chi connectivity index (χ3v) is 3.12. The second kappa shape index (κ2) is 7.07. The first-order valence-corrected chi connectivity index (χ1v) is 6.92. The number of Topliss-reactive ketones (excluding diaryl/α,β-unsaturated/α-hetero) is 1. The number of hydrogen-bond donors (Lipinski definition) is 1. The number of nitrogens with one attached hydrogen (secondary N) is 1. The molecule has 6 heteroatoms. The van der Waals surface area contributed by atoms with Crippen molar-refractivity contribution in [1.29, 1.82) is 0 Å². The van der Waals surface area contributed by atoms with Gasteiger partial charge >= 0.3 is 5.69 Å². The smallest absolute Gasteiger partial charge is 0.328 e. The molecule has 6 nitrogen and oxygen atoms in total. The standard InChI is InChI=1S/C14H23N3O3/c1-5-6-16-7-8-17(14(16)20)9-12(19)15-13(10(2)3)11(4)18/h7-8,10,13H,5-6,9H2,1-4H3,(H,15,19). The second-order valence-electron chi connectivity index (χ2n) is 5.30. The van der Waals surface area contributed by atoms with Crippen molar-refractivity contribution in [3.63, 3.8) is 0 Å². The summed E-state index contributed by atoms with van der Waals surface area (Å²) in [5, 5.41) is 2.68. The van der Waals surface area contributed by atoms with Crippen LogP contribution in [0.2, 0.25) is 0 Å². The van der Waals surface area contributed by atoms with Crippen molar-refractivity contribution in [2.24, 2.45) is 5.92 Å². The van der Waals surface area contributed by atoms with Crippen molar-refractivity contribution in [1.82, 2.24) is 14.5 Å². The zero-order chi connectivity index (χ0) is 15.3. The van der Waals surface area contributed by atoms with E-state index in [4.69, 9.17) is 0 Å². The van der Waals surface area contributed by atoms with Gasteiger partial charge in [0.25, 0.3) is 0 Å². The minimum absolute atomic E-state index is 0.0258. The van der Waals surface area contributed by atoms with Gasteiger partial charge in [-0.3, -0.25) is 18.7 Å². The van der Waals surface area contributed by atoms with Crippen molar-refractivity contribution in [3.8, 4) is 0 Å². The van der Waals surface area contributed by atoms with Gasteiger partial charge in [0.05, 0.1) is 6.04 Å². The Morgan fingerprint density at radius 3 is 2.35 bits per heavy atom. The summed E-state index contributed by atoms with van der Waals surface area (Å²) in [5.74, 6) is -0.377. The highest BCUT2D eigenvalue weighted by Gasteiger charge is 2.20. The van der Waals surface area contributed by atoms with Crippen molar-refractivity contribution in [2.45, 2.75) is 53.2 Å². The van der Waals surface area contributed by atoms with E-state index in [9.17, 15) is 14.4 Å². The Balaban J connectivity index is 2.71. The second-order valence-corrected chi connectivity index (χ2v) is 5.30. The molecule has 1 unspecified atom stereocenters. The molecule has 0 spiro atoms. The summed E-state index contributed by atoms with van der Waals surface area (Å²) < 4.78 is 2.92. The maximum atomic E-state index is 11.9. The van der Waals surface area contributed by atoms with E-state index >= 15 is 0 Å². The fraction of sp³-hybridized carbons (Fsp3) is 0.643. The monoisotopic (exact) mass is 281 g/mol. The molecule has 112 valence electrons. The highest BCUT2D eigenvalue weighted by atomic mass is 16.2. The molecule has 1 atom stereocenters. The van der Waals surface area contributed by atoms with Gasteiger partial charge in [0, 0.05) is 18.9 Å². The molecule has 0 aromatic carbocycles. The summed E-state index contributed by atoms with van der Waals surface area (Å²) in [5.41, 5.74) is -0.203. The highest BCUT2D eigenvalue weighted by Crippen LogP contribution is 2.02. The first-order chi connectivity index (χ1) is 9.36. The van der Waals surface area contributed by atoms with Crippen molar-refractivity contribution < 1.29 is 9.59 Å². The van der Waals surface area contributed by atoms with Crippen LogP contribution in [0.5, 0.6) is 0 Å². The van der Waals surface area contributed by atoms with E-state index < -0.39 is 6.04 Å². The lowest BCUT2D eigenvalue weighted by atomic mass is 10.0. The Hall–Kier alpha value is -1.85. The number of aryl methyl sites for hydroxylation is 1. The Kier molecular flexibility index (Phi) is 5.73. The van der Waals surface area contributed by atoms with Crippen molar-refractivity contribution >= 4 is 11.7 Å². The van der Waals surface area contributed by atoms with Gasteiger partial charge in [0.2, 0.25) is 5.91 Å². The largest absolute Gasteiger partial charge is 0.344 e. The van der Waals surface area contributed by atoms with Gasteiger partial charge < -0.3 is 5.32 Å². The number of rotatable bonds is 7. The summed E-state index contributed by atoms with van der Waals surface area (Å²) in [4.78, 5) is 35.3. The predicted molar refractivity (Wildman–Crippen MR) is 76.4 cm³/mol. The van der Waals surface area contributed by atoms with E-state index in [1.165, 1.54) is 11.5 Å². The molecular weight excluding hydrogens is 258 g/mol. The van der Waals surface area contributed by atoms with Crippen molar-refractivity contribution in [2.75, 3.05) is 0 Å². The van der Waals surface area contributed by atoms with Gasteiger partial charge in [-0.2, -0.15) is 0 Å². The number of carbonyl (C=O) groups is 2. The number of amides is 1. The zero-order valence-electron chi connectivity index (χ0n) is 12.5. The van der Waals surface area contributed by atoms with E-state index in [1.807, 2.05) is 20.8 Å². The Bertz CT molecular complexity index is 528. The Morgan fingerprint density at radius 1 is 1.25 bits per heavy atom. The molecule has 0 aliphatic carbocycles. The minimum Gasteiger partial charge on any atom is -0.344 e. The molecule has 1 heterocycles. The first-order valence-electron chi connectivity index (χ1n) is 6.92. The van der Waals surface area contributed by atoms with Crippen LogP contribution in [0, 0.1) is 5.92 Å². The number of aromatic nitrogens is 2. The maximum Gasteiger partial charge on any atom is 0.328 e. The molecule has 20 heavy (non-hydrogen) atoms. The highest BCUT2D eigenvalue weighted by molar-refractivity contribution is 5.87. The fourth-order valence-corrected chi connectivity index (χ4v) is 2.10. The van der Waals surface area contributed by atoms with Crippen LogP contribution in [0.15, 0.2) is 17.2 Å². The SMILES string of the molecule is CCCn1ccn(CC(=O)NC(C(C)=O)C(C)C)c1=O. The number of imidazole rings is 1. The number of nitrogens with zero attached hydrogens (tertiary/aromatic N) is 2. The van der Waals surface area contributed by atoms with Gasteiger partial charge in [-0.05, 0) is 19.3 Å². The third-order valence-electron chi connectivity index (χ3n) is 3.12. The number of hydrogen-bond acceptors (Lipinski definition) is 3.